The zero-order chi connectivity index (χ0) is 16.2. The van der Waals surface area contributed by atoms with E-state index < -0.39 is 0 Å². The molecule has 124 valence electrons. The lowest BCUT2D eigenvalue weighted by molar-refractivity contribution is -0.140. The zero-order valence-corrected chi connectivity index (χ0v) is 13.4. The predicted molar refractivity (Wildman–Crippen MR) is 85.5 cm³/mol. The van der Waals surface area contributed by atoms with Gasteiger partial charge in [0.05, 0.1) is 12.7 Å². The lowest BCUT2D eigenvalue weighted by atomic mass is 10.3. The molecule has 2 amide bonds. The van der Waals surface area contributed by atoms with Crippen molar-refractivity contribution >= 4 is 17.5 Å². The summed E-state index contributed by atoms with van der Waals surface area (Å²) in [7, 11) is 0. The first-order valence-corrected chi connectivity index (χ1v) is 8.06. The SMILES string of the molecule is CC1CN(C(=O)COc2ccc(N3CCCC3=O)cc2)CCO1. The molecule has 2 aliphatic heterocycles. The monoisotopic (exact) mass is 318 g/mol. The van der Waals surface area contributed by atoms with Gasteiger partial charge in [0.15, 0.2) is 6.61 Å². The number of rotatable bonds is 4. The third-order valence-electron chi connectivity index (χ3n) is 4.18. The van der Waals surface area contributed by atoms with E-state index in [1.807, 2.05) is 19.1 Å². The second kappa shape index (κ2) is 7.00. The summed E-state index contributed by atoms with van der Waals surface area (Å²) in [4.78, 5) is 27.4. The first-order chi connectivity index (χ1) is 11.1. The molecule has 1 atom stereocenters. The van der Waals surface area contributed by atoms with Gasteiger partial charge in [-0.1, -0.05) is 0 Å². The van der Waals surface area contributed by atoms with Crippen LogP contribution in [0.4, 0.5) is 5.69 Å². The van der Waals surface area contributed by atoms with Crippen LogP contribution in [0.5, 0.6) is 5.75 Å². The van der Waals surface area contributed by atoms with Crippen molar-refractivity contribution in [1.29, 1.82) is 0 Å². The second-order valence-corrected chi connectivity index (χ2v) is 5.95. The highest BCUT2D eigenvalue weighted by Gasteiger charge is 2.22. The summed E-state index contributed by atoms with van der Waals surface area (Å²) in [5, 5.41) is 0. The van der Waals surface area contributed by atoms with E-state index in [9.17, 15) is 9.59 Å². The Morgan fingerprint density at radius 1 is 1.30 bits per heavy atom. The highest BCUT2D eigenvalue weighted by Crippen LogP contribution is 2.23. The third kappa shape index (κ3) is 3.82. The Labute approximate surface area is 136 Å². The summed E-state index contributed by atoms with van der Waals surface area (Å²) in [6, 6.07) is 7.33. The van der Waals surface area contributed by atoms with Crippen molar-refractivity contribution in [2.45, 2.75) is 25.9 Å². The lowest BCUT2D eigenvalue weighted by Crippen LogP contribution is -2.46. The van der Waals surface area contributed by atoms with E-state index in [-0.39, 0.29) is 24.5 Å². The van der Waals surface area contributed by atoms with Crippen LogP contribution in [-0.2, 0) is 14.3 Å². The number of ether oxygens (including phenoxy) is 2. The minimum Gasteiger partial charge on any atom is -0.484 e. The van der Waals surface area contributed by atoms with Crippen molar-refractivity contribution in [3.05, 3.63) is 24.3 Å². The van der Waals surface area contributed by atoms with Crippen molar-refractivity contribution in [2.24, 2.45) is 0 Å². The Morgan fingerprint density at radius 2 is 2.09 bits per heavy atom. The highest BCUT2D eigenvalue weighted by molar-refractivity contribution is 5.95. The van der Waals surface area contributed by atoms with Gasteiger partial charge in [-0.2, -0.15) is 0 Å². The van der Waals surface area contributed by atoms with Gasteiger partial charge in [0.2, 0.25) is 5.91 Å². The Hall–Kier alpha value is -2.08. The number of carbonyl (C=O) groups is 2. The molecular weight excluding hydrogens is 296 g/mol. The fourth-order valence-electron chi connectivity index (χ4n) is 2.92. The maximum absolute atomic E-state index is 12.1. The summed E-state index contributed by atoms with van der Waals surface area (Å²) in [6.07, 6.45) is 1.60. The number of morpholine rings is 1. The van der Waals surface area contributed by atoms with Crippen LogP contribution in [0, 0.1) is 0 Å². The molecule has 0 aromatic heterocycles. The van der Waals surface area contributed by atoms with E-state index in [2.05, 4.69) is 0 Å². The summed E-state index contributed by atoms with van der Waals surface area (Å²) in [6.45, 7) is 4.55. The molecule has 0 saturated carbocycles. The Kier molecular flexibility index (Phi) is 4.81. The lowest BCUT2D eigenvalue weighted by Gasteiger charge is -2.31. The van der Waals surface area contributed by atoms with Crippen LogP contribution in [0.15, 0.2) is 24.3 Å². The number of hydrogen-bond acceptors (Lipinski definition) is 4. The molecule has 2 heterocycles. The predicted octanol–water partition coefficient (Wildman–Crippen LogP) is 1.44. The average molecular weight is 318 g/mol. The van der Waals surface area contributed by atoms with E-state index >= 15 is 0 Å². The van der Waals surface area contributed by atoms with E-state index in [0.29, 0.717) is 31.9 Å². The molecule has 1 aromatic carbocycles. The smallest absolute Gasteiger partial charge is 0.260 e. The summed E-state index contributed by atoms with van der Waals surface area (Å²) >= 11 is 0. The number of anilines is 1. The molecule has 2 fully saturated rings. The van der Waals surface area contributed by atoms with Crippen molar-refractivity contribution in [3.63, 3.8) is 0 Å². The van der Waals surface area contributed by atoms with Crippen LogP contribution in [0.3, 0.4) is 0 Å². The van der Waals surface area contributed by atoms with Gasteiger partial charge in [0.25, 0.3) is 5.91 Å². The molecule has 1 aromatic rings. The van der Waals surface area contributed by atoms with Gasteiger partial charge in [-0.15, -0.1) is 0 Å². The van der Waals surface area contributed by atoms with Crippen molar-refractivity contribution in [1.82, 2.24) is 4.90 Å². The van der Waals surface area contributed by atoms with Gasteiger partial charge >= 0.3 is 0 Å². The molecule has 0 aliphatic carbocycles. The van der Waals surface area contributed by atoms with Gasteiger partial charge in [-0.05, 0) is 37.6 Å². The van der Waals surface area contributed by atoms with Crippen LogP contribution >= 0.6 is 0 Å². The normalized spacial score (nSPS) is 21.6. The maximum Gasteiger partial charge on any atom is 0.260 e. The topological polar surface area (TPSA) is 59.1 Å². The molecule has 1 unspecified atom stereocenters. The van der Waals surface area contributed by atoms with Crippen LogP contribution in [0.1, 0.15) is 19.8 Å². The molecule has 2 aliphatic rings. The van der Waals surface area contributed by atoms with Crippen molar-refractivity contribution in [3.8, 4) is 5.75 Å². The van der Waals surface area contributed by atoms with Crippen LogP contribution < -0.4 is 9.64 Å². The first kappa shape index (κ1) is 15.8. The minimum absolute atomic E-state index is 0.0225. The third-order valence-corrected chi connectivity index (χ3v) is 4.18. The first-order valence-electron chi connectivity index (χ1n) is 8.06. The molecule has 0 N–H and O–H groups in total. The highest BCUT2D eigenvalue weighted by atomic mass is 16.5. The summed E-state index contributed by atoms with van der Waals surface area (Å²) < 4.78 is 11.0. The molecule has 2 saturated heterocycles. The van der Waals surface area contributed by atoms with E-state index in [0.717, 1.165) is 18.7 Å². The van der Waals surface area contributed by atoms with Crippen LogP contribution in [0.25, 0.3) is 0 Å². The largest absolute Gasteiger partial charge is 0.484 e. The Bertz CT molecular complexity index is 572. The summed E-state index contributed by atoms with van der Waals surface area (Å²) in [5.41, 5.74) is 0.883. The number of nitrogens with zero attached hydrogens (tertiary/aromatic N) is 2. The molecule has 6 heteroatoms. The number of benzene rings is 1. The fraction of sp³-hybridized carbons (Fsp3) is 0.529. The molecule has 6 nitrogen and oxygen atoms in total. The molecule has 0 spiro atoms. The maximum atomic E-state index is 12.1. The molecule has 0 bridgehead atoms. The summed E-state index contributed by atoms with van der Waals surface area (Å²) in [5.74, 6) is 0.768. The van der Waals surface area contributed by atoms with Crippen molar-refractivity contribution in [2.75, 3.05) is 37.7 Å². The van der Waals surface area contributed by atoms with Gasteiger partial charge in [0.1, 0.15) is 5.75 Å². The molecular formula is C17H22N2O4. The van der Waals surface area contributed by atoms with Crippen LogP contribution in [0.2, 0.25) is 0 Å². The van der Waals surface area contributed by atoms with Crippen molar-refractivity contribution < 1.29 is 19.1 Å². The second-order valence-electron chi connectivity index (χ2n) is 5.95. The molecule has 23 heavy (non-hydrogen) atoms. The van der Waals surface area contributed by atoms with Crippen LogP contribution in [-0.4, -0.2) is 55.7 Å². The molecule has 0 radical (unpaired) electrons. The van der Waals surface area contributed by atoms with E-state index in [1.165, 1.54) is 0 Å². The van der Waals surface area contributed by atoms with Gasteiger partial charge in [-0.25, -0.2) is 0 Å². The van der Waals surface area contributed by atoms with Gasteiger partial charge in [-0.3, -0.25) is 9.59 Å². The quantitative estimate of drug-likeness (QED) is 0.843. The van der Waals surface area contributed by atoms with E-state index in [4.69, 9.17) is 9.47 Å². The minimum atomic E-state index is -0.0288. The standard InChI is InChI=1S/C17H22N2O4/c1-13-11-18(9-10-22-13)17(21)12-23-15-6-4-14(5-7-15)19-8-2-3-16(19)20/h4-7,13H,2-3,8-12H2,1H3. The zero-order valence-electron chi connectivity index (χ0n) is 13.4. The Morgan fingerprint density at radius 3 is 2.74 bits per heavy atom. The molecule has 3 rings (SSSR count). The fourth-order valence-corrected chi connectivity index (χ4v) is 2.92. The van der Waals surface area contributed by atoms with Gasteiger partial charge < -0.3 is 19.3 Å². The van der Waals surface area contributed by atoms with Gasteiger partial charge in [0, 0.05) is 31.7 Å². The number of hydrogen-bond donors (Lipinski definition) is 0. The number of carbonyl (C=O) groups excluding carboxylic acids is 2. The average Bonchev–Trinajstić information content (AvgIpc) is 2.99. The Balaban J connectivity index is 1.52. The van der Waals surface area contributed by atoms with E-state index in [1.54, 1.807) is 21.9 Å². The number of amides is 2.